The quantitative estimate of drug-likeness (QED) is 0.727. The van der Waals surface area contributed by atoms with Crippen LogP contribution in [0.4, 0.5) is 5.69 Å². The lowest BCUT2D eigenvalue weighted by molar-refractivity contribution is 0.0698. The molecule has 0 fully saturated rings. The van der Waals surface area contributed by atoms with E-state index in [9.17, 15) is 13.2 Å². The Kier molecular flexibility index (Phi) is 5.11. The van der Waals surface area contributed by atoms with Crippen LogP contribution < -0.4 is 4.72 Å². The number of methoxy groups -OCH3 is 1. The molecule has 0 heterocycles. The molecule has 0 unspecified atom stereocenters. The fourth-order valence-corrected chi connectivity index (χ4v) is 2.48. The molecule has 1 aromatic carbocycles. The van der Waals surface area contributed by atoms with Gasteiger partial charge in [0.05, 0.1) is 17.0 Å². The summed E-state index contributed by atoms with van der Waals surface area (Å²) in [6.45, 7) is 0.335. The predicted molar refractivity (Wildman–Crippen MR) is 67.3 cm³/mol. The number of aromatic carboxylic acids is 1. The second-order valence-corrected chi connectivity index (χ2v) is 5.46. The van der Waals surface area contributed by atoms with Crippen molar-refractivity contribution in [1.29, 1.82) is 0 Å². The van der Waals surface area contributed by atoms with Crippen LogP contribution in [0.1, 0.15) is 16.8 Å². The number of carbonyl (C=O) groups is 1. The van der Waals surface area contributed by atoms with Gasteiger partial charge in [-0.1, -0.05) is 12.1 Å². The molecule has 0 aliphatic rings. The summed E-state index contributed by atoms with van der Waals surface area (Å²) >= 11 is 0. The maximum Gasteiger partial charge on any atom is 0.337 e. The molecule has 6 nitrogen and oxygen atoms in total. The van der Waals surface area contributed by atoms with Crippen molar-refractivity contribution in [1.82, 2.24) is 0 Å². The lowest BCUT2D eigenvalue weighted by atomic mass is 10.2. The molecule has 7 heteroatoms. The summed E-state index contributed by atoms with van der Waals surface area (Å²) in [5, 5.41) is 8.92. The minimum Gasteiger partial charge on any atom is -0.478 e. The SMILES string of the molecule is COCCCS(=O)(=O)Nc1ccccc1C(=O)O. The van der Waals surface area contributed by atoms with E-state index < -0.39 is 16.0 Å². The van der Waals surface area contributed by atoms with Gasteiger partial charge in [-0.15, -0.1) is 0 Å². The largest absolute Gasteiger partial charge is 0.478 e. The molecule has 0 bridgehead atoms. The van der Waals surface area contributed by atoms with E-state index in [0.717, 1.165) is 0 Å². The summed E-state index contributed by atoms with van der Waals surface area (Å²) in [6, 6.07) is 5.86. The number of anilines is 1. The lowest BCUT2D eigenvalue weighted by Gasteiger charge is -2.10. The lowest BCUT2D eigenvalue weighted by Crippen LogP contribution is -2.19. The van der Waals surface area contributed by atoms with E-state index in [1.165, 1.54) is 25.3 Å². The second-order valence-electron chi connectivity index (χ2n) is 3.62. The Bertz CT molecular complexity index is 512. The molecule has 0 radical (unpaired) electrons. The highest BCUT2D eigenvalue weighted by Gasteiger charge is 2.15. The molecule has 0 aliphatic carbocycles. The van der Waals surface area contributed by atoms with Crippen molar-refractivity contribution >= 4 is 21.7 Å². The van der Waals surface area contributed by atoms with Gasteiger partial charge in [-0.2, -0.15) is 0 Å². The highest BCUT2D eigenvalue weighted by molar-refractivity contribution is 7.92. The first kappa shape index (κ1) is 14.5. The number of rotatable bonds is 7. The van der Waals surface area contributed by atoms with Crippen molar-refractivity contribution in [2.75, 3.05) is 24.2 Å². The number of carboxylic acids is 1. The van der Waals surface area contributed by atoms with Gasteiger partial charge in [-0.3, -0.25) is 4.72 Å². The highest BCUT2D eigenvalue weighted by atomic mass is 32.2. The molecule has 0 aliphatic heterocycles. The first-order valence-electron chi connectivity index (χ1n) is 5.28. The van der Waals surface area contributed by atoms with Crippen LogP contribution in [0.25, 0.3) is 0 Å². The van der Waals surface area contributed by atoms with Gasteiger partial charge in [-0.05, 0) is 18.6 Å². The molecule has 0 saturated carbocycles. The van der Waals surface area contributed by atoms with E-state index in [1.807, 2.05) is 0 Å². The van der Waals surface area contributed by atoms with Gasteiger partial charge >= 0.3 is 5.97 Å². The number of hydrogen-bond donors (Lipinski definition) is 2. The minimum atomic E-state index is -3.56. The average molecular weight is 273 g/mol. The van der Waals surface area contributed by atoms with Crippen molar-refractivity contribution in [3.05, 3.63) is 29.8 Å². The molecule has 0 saturated heterocycles. The standard InChI is InChI=1S/C11H15NO5S/c1-17-7-4-8-18(15,16)12-10-6-3-2-5-9(10)11(13)14/h2-3,5-6,12H,4,7-8H2,1H3,(H,13,14). The zero-order chi connectivity index (χ0) is 13.6. The molecule has 1 aromatic rings. The zero-order valence-electron chi connectivity index (χ0n) is 9.92. The molecule has 2 N–H and O–H groups in total. The van der Waals surface area contributed by atoms with Crippen LogP contribution in [0.5, 0.6) is 0 Å². The summed E-state index contributed by atoms with van der Waals surface area (Å²) in [5.74, 6) is -1.29. The van der Waals surface area contributed by atoms with Gasteiger partial charge in [0, 0.05) is 13.7 Å². The zero-order valence-corrected chi connectivity index (χ0v) is 10.7. The summed E-state index contributed by atoms with van der Waals surface area (Å²) in [7, 11) is -2.07. The molecule has 100 valence electrons. The summed E-state index contributed by atoms with van der Waals surface area (Å²) in [4.78, 5) is 10.9. The third-order valence-corrected chi connectivity index (χ3v) is 3.54. The fraction of sp³-hybridized carbons (Fsp3) is 0.364. The number of benzene rings is 1. The number of nitrogens with one attached hydrogen (secondary N) is 1. The predicted octanol–water partition coefficient (Wildman–Crippen LogP) is 1.16. The highest BCUT2D eigenvalue weighted by Crippen LogP contribution is 2.16. The van der Waals surface area contributed by atoms with Crippen LogP contribution in [0.3, 0.4) is 0 Å². The summed E-state index contributed by atoms with van der Waals surface area (Å²) in [6.07, 6.45) is 0.348. The van der Waals surface area contributed by atoms with E-state index in [2.05, 4.69) is 4.72 Å². The van der Waals surface area contributed by atoms with Gasteiger partial charge in [0.25, 0.3) is 0 Å². The van der Waals surface area contributed by atoms with Crippen LogP contribution in [-0.4, -0.2) is 39.0 Å². The molecule has 0 spiro atoms. The molecule has 0 amide bonds. The second kappa shape index (κ2) is 6.36. The van der Waals surface area contributed by atoms with Crippen molar-refractivity contribution in [2.45, 2.75) is 6.42 Å². The monoisotopic (exact) mass is 273 g/mol. The topological polar surface area (TPSA) is 92.7 Å². The number of carboxylic acid groups (broad SMARTS) is 1. The van der Waals surface area contributed by atoms with Crippen molar-refractivity contribution in [3.8, 4) is 0 Å². The Balaban J connectivity index is 2.81. The Labute approximate surface area is 106 Å². The Morgan fingerprint density at radius 3 is 2.67 bits per heavy atom. The molecule has 0 atom stereocenters. The van der Waals surface area contributed by atoms with Crippen molar-refractivity contribution in [3.63, 3.8) is 0 Å². The Morgan fingerprint density at radius 1 is 1.39 bits per heavy atom. The number of sulfonamides is 1. The van der Waals surface area contributed by atoms with E-state index in [4.69, 9.17) is 9.84 Å². The van der Waals surface area contributed by atoms with Gasteiger partial charge in [0.1, 0.15) is 0 Å². The van der Waals surface area contributed by atoms with Crippen molar-refractivity contribution < 1.29 is 23.1 Å². The average Bonchev–Trinajstić information content (AvgIpc) is 2.29. The van der Waals surface area contributed by atoms with Gasteiger partial charge < -0.3 is 9.84 Å². The Morgan fingerprint density at radius 2 is 2.06 bits per heavy atom. The van der Waals surface area contributed by atoms with Gasteiger partial charge in [-0.25, -0.2) is 13.2 Å². The van der Waals surface area contributed by atoms with Crippen molar-refractivity contribution in [2.24, 2.45) is 0 Å². The summed E-state index contributed by atoms with van der Waals surface area (Å²) < 4.78 is 30.4. The van der Waals surface area contributed by atoms with Crippen LogP contribution in [-0.2, 0) is 14.8 Å². The fourth-order valence-electron chi connectivity index (χ4n) is 1.37. The first-order valence-corrected chi connectivity index (χ1v) is 6.93. The maximum absolute atomic E-state index is 11.7. The van der Waals surface area contributed by atoms with Crippen LogP contribution in [0.2, 0.25) is 0 Å². The number of ether oxygens (including phenoxy) is 1. The normalized spacial score (nSPS) is 11.2. The maximum atomic E-state index is 11.7. The Hall–Kier alpha value is -1.60. The van der Waals surface area contributed by atoms with E-state index in [0.29, 0.717) is 13.0 Å². The molecule has 0 aromatic heterocycles. The molecular weight excluding hydrogens is 258 g/mol. The third kappa shape index (κ3) is 4.34. The number of hydrogen-bond acceptors (Lipinski definition) is 4. The third-order valence-electron chi connectivity index (χ3n) is 2.18. The van der Waals surface area contributed by atoms with Crippen LogP contribution >= 0.6 is 0 Å². The van der Waals surface area contributed by atoms with Gasteiger partial charge in [0.2, 0.25) is 10.0 Å². The molecule has 18 heavy (non-hydrogen) atoms. The summed E-state index contributed by atoms with van der Waals surface area (Å²) in [5.41, 5.74) is -0.00441. The smallest absolute Gasteiger partial charge is 0.337 e. The number of para-hydroxylation sites is 1. The molecular formula is C11H15NO5S. The van der Waals surface area contributed by atoms with E-state index in [1.54, 1.807) is 6.07 Å². The molecule has 1 rings (SSSR count). The first-order chi connectivity index (χ1) is 8.46. The van der Waals surface area contributed by atoms with Crippen LogP contribution in [0.15, 0.2) is 24.3 Å². The van der Waals surface area contributed by atoms with Crippen LogP contribution in [0, 0.1) is 0 Å². The van der Waals surface area contributed by atoms with Gasteiger partial charge in [0.15, 0.2) is 0 Å². The van der Waals surface area contributed by atoms with E-state index >= 15 is 0 Å². The van der Waals surface area contributed by atoms with E-state index in [-0.39, 0.29) is 17.0 Å². The minimum absolute atomic E-state index is 0.0717.